The van der Waals surface area contributed by atoms with Gasteiger partial charge < -0.3 is 29.5 Å². The molecule has 0 heterocycles. The molecule has 264 valence electrons. The van der Waals surface area contributed by atoms with Gasteiger partial charge in [-0.2, -0.15) is 0 Å². The number of hydrogen-bond donors (Lipinski definition) is 3. The number of aliphatic hydroxyl groups is 3. The second kappa shape index (κ2) is 11.4. The first-order valence-electron chi connectivity index (χ1n) is 18.0. The minimum Gasteiger partial charge on any atom is -0.497 e. The Morgan fingerprint density at radius 2 is 0.574 bits per heavy atom. The van der Waals surface area contributed by atoms with Crippen LogP contribution in [0.25, 0.3) is 33.4 Å². The van der Waals surface area contributed by atoms with Gasteiger partial charge in [-0.25, -0.2) is 0 Å². The third-order valence-corrected chi connectivity index (χ3v) is 11.9. The van der Waals surface area contributed by atoms with Gasteiger partial charge in [0.05, 0.1) is 21.3 Å². The van der Waals surface area contributed by atoms with Crippen LogP contribution in [0.5, 0.6) is 17.2 Å². The van der Waals surface area contributed by atoms with E-state index in [1.165, 1.54) is 0 Å². The van der Waals surface area contributed by atoms with Gasteiger partial charge >= 0.3 is 0 Å². The van der Waals surface area contributed by atoms with E-state index < -0.39 is 16.8 Å². The fourth-order valence-electron chi connectivity index (χ4n) is 9.49. The lowest BCUT2D eigenvalue weighted by molar-refractivity contribution is 0.123. The summed E-state index contributed by atoms with van der Waals surface area (Å²) in [6, 6.07) is 46.2. The SMILES string of the molecule is COc1ccc([C@]2(O)c3ccccc3-c3c2c2c(c4c3[C@](O)(c3ccc(OC)cc3)c3ccccc3-4)[C@](O)(c3ccc(OC)cc3)c3ccccc3-2)cc1. The first kappa shape index (κ1) is 32.5. The molecule has 3 atom stereocenters. The number of rotatable bonds is 6. The van der Waals surface area contributed by atoms with Crippen molar-refractivity contribution in [3.05, 3.63) is 196 Å². The van der Waals surface area contributed by atoms with Crippen LogP contribution in [0.4, 0.5) is 0 Å². The van der Waals surface area contributed by atoms with Crippen LogP contribution in [0.3, 0.4) is 0 Å². The molecular formula is C48H36O6. The lowest BCUT2D eigenvalue weighted by atomic mass is 9.73. The Kier molecular flexibility index (Phi) is 6.86. The standard InChI is InChI=1S/C48H36O6/c1-52-31-22-16-28(17-23-31)46(49)37-13-7-4-10-34(37)40-43(46)41-35-11-5-8-14-38(35)47(50,29-18-24-32(53-2)25-19-29)45(41)42-36-12-6-9-15-39(36)48(51,44(40)42)30-20-26-33(54-3)27-21-30/h4-27,49-51H,1-3H3/t46-,47-,48-/m0/s1. The van der Waals surface area contributed by atoms with Crippen molar-refractivity contribution in [2.24, 2.45) is 0 Å². The molecule has 0 aliphatic heterocycles. The van der Waals surface area contributed by atoms with Crippen molar-refractivity contribution in [3.63, 3.8) is 0 Å². The van der Waals surface area contributed by atoms with Crippen LogP contribution in [-0.4, -0.2) is 36.6 Å². The molecule has 7 aromatic carbocycles. The van der Waals surface area contributed by atoms with Crippen molar-refractivity contribution in [3.8, 4) is 50.6 Å². The highest BCUT2D eigenvalue weighted by molar-refractivity contribution is 6.05. The Balaban J connectivity index is 1.44. The van der Waals surface area contributed by atoms with Crippen molar-refractivity contribution in [1.82, 2.24) is 0 Å². The van der Waals surface area contributed by atoms with Gasteiger partial charge in [0.25, 0.3) is 0 Å². The fraction of sp³-hybridized carbons (Fsp3) is 0.125. The molecular weight excluding hydrogens is 673 g/mol. The van der Waals surface area contributed by atoms with Crippen molar-refractivity contribution in [1.29, 1.82) is 0 Å². The predicted molar refractivity (Wildman–Crippen MR) is 208 cm³/mol. The molecule has 3 N–H and O–H groups in total. The monoisotopic (exact) mass is 708 g/mol. The minimum atomic E-state index is -1.69. The molecule has 0 amide bonds. The normalized spacial score (nSPS) is 21.0. The molecule has 0 bridgehead atoms. The Bertz CT molecular complexity index is 2330. The first-order valence-corrected chi connectivity index (χ1v) is 18.0. The topological polar surface area (TPSA) is 88.4 Å². The van der Waals surface area contributed by atoms with Crippen LogP contribution < -0.4 is 14.2 Å². The van der Waals surface area contributed by atoms with Crippen molar-refractivity contribution in [2.45, 2.75) is 16.8 Å². The molecule has 0 saturated heterocycles. The van der Waals surface area contributed by atoms with E-state index in [0.717, 1.165) is 33.4 Å². The lowest BCUT2D eigenvalue weighted by Crippen LogP contribution is -2.31. The maximum absolute atomic E-state index is 13.7. The summed E-state index contributed by atoms with van der Waals surface area (Å²) < 4.78 is 16.6. The number of hydrogen-bond acceptors (Lipinski definition) is 6. The largest absolute Gasteiger partial charge is 0.497 e. The zero-order chi connectivity index (χ0) is 37.0. The van der Waals surface area contributed by atoms with Gasteiger partial charge in [-0.05, 0) is 86.5 Å². The summed E-state index contributed by atoms with van der Waals surface area (Å²) in [5.41, 5.74) is 5.37. The molecule has 3 aliphatic rings. The second-order valence-electron chi connectivity index (χ2n) is 14.2. The van der Waals surface area contributed by atoms with E-state index in [1.54, 1.807) is 21.3 Å². The molecule has 10 rings (SSSR count). The molecule has 54 heavy (non-hydrogen) atoms. The minimum absolute atomic E-state index is 0.610. The van der Waals surface area contributed by atoms with Crippen LogP contribution >= 0.6 is 0 Å². The van der Waals surface area contributed by atoms with Gasteiger partial charge in [-0.3, -0.25) is 0 Å². The number of benzene rings is 7. The zero-order valence-corrected chi connectivity index (χ0v) is 29.9. The average Bonchev–Trinajstić information content (AvgIpc) is 3.78. The number of ether oxygens (including phenoxy) is 3. The molecule has 3 aliphatic carbocycles. The molecule has 7 aromatic rings. The summed E-state index contributed by atoms with van der Waals surface area (Å²) in [6.45, 7) is 0. The summed E-state index contributed by atoms with van der Waals surface area (Å²) in [6.07, 6.45) is 0. The van der Waals surface area contributed by atoms with Crippen molar-refractivity contribution in [2.75, 3.05) is 21.3 Å². The number of methoxy groups -OCH3 is 3. The van der Waals surface area contributed by atoms with Gasteiger partial charge in [0, 0.05) is 33.4 Å². The summed E-state index contributed by atoms with van der Waals surface area (Å²) in [4.78, 5) is 0. The molecule has 0 aromatic heterocycles. The van der Waals surface area contributed by atoms with Gasteiger partial charge in [-0.15, -0.1) is 0 Å². The van der Waals surface area contributed by atoms with E-state index in [1.807, 2.05) is 146 Å². The zero-order valence-electron chi connectivity index (χ0n) is 29.9. The van der Waals surface area contributed by atoms with Crippen LogP contribution in [0, 0.1) is 0 Å². The van der Waals surface area contributed by atoms with Crippen LogP contribution in [0.1, 0.15) is 50.1 Å². The van der Waals surface area contributed by atoms with Gasteiger partial charge in [0.1, 0.15) is 34.1 Å². The Labute approximate surface area is 313 Å². The maximum Gasteiger partial charge on any atom is 0.142 e. The van der Waals surface area contributed by atoms with Gasteiger partial charge in [0.15, 0.2) is 0 Å². The van der Waals surface area contributed by atoms with Crippen LogP contribution in [0.15, 0.2) is 146 Å². The summed E-state index contributed by atoms with van der Waals surface area (Å²) in [7, 11) is 4.86. The maximum atomic E-state index is 13.7. The molecule has 6 heteroatoms. The molecule has 0 saturated carbocycles. The Morgan fingerprint density at radius 1 is 0.333 bits per heavy atom. The molecule has 0 fully saturated rings. The highest BCUT2D eigenvalue weighted by Crippen LogP contribution is 2.68. The van der Waals surface area contributed by atoms with E-state index >= 15 is 0 Å². The van der Waals surface area contributed by atoms with E-state index in [0.29, 0.717) is 67.3 Å². The quantitative estimate of drug-likeness (QED) is 0.161. The summed E-state index contributed by atoms with van der Waals surface area (Å²) in [5, 5.41) is 41.2. The summed E-state index contributed by atoms with van der Waals surface area (Å²) in [5.74, 6) is 1.99. The third kappa shape index (κ3) is 3.94. The predicted octanol–water partition coefficient (Wildman–Crippen LogP) is 8.51. The van der Waals surface area contributed by atoms with Crippen LogP contribution in [-0.2, 0) is 16.8 Å². The smallest absolute Gasteiger partial charge is 0.142 e. The third-order valence-electron chi connectivity index (χ3n) is 11.9. The Hall–Kier alpha value is -6.18. The average molecular weight is 709 g/mol. The molecule has 0 unspecified atom stereocenters. The van der Waals surface area contributed by atoms with E-state index in [-0.39, 0.29) is 0 Å². The molecule has 0 spiro atoms. The first-order chi connectivity index (χ1) is 26.3. The van der Waals surface area contributed by atoms with E-state index in [2.05, 4.69) is 0 Å². The fourth-order valence-corrected chi connectivity index (χ4v) is 9.49. The van der Waals surface area contributed by atoms with Crippen molar-refractivity contribution >= 4 is 0 Å². The lowest BCUT2D eigenvalue weighted by Gasteiger charge is -2.34. The number of fused-ring (bicyclic) bond motifs is 12. The second-order valence-corrected chi connectivity index (χ2v) is 14.2. The van der Waals surface area contributed by atoms with Gasteiger partial charge in [-0.1, -0.05) is 109 Å². The highest BCUT2D eigenvalue weighted by atomic mass is 16.5. The Morgan fingerprint density at radius 3 is 0.815 bits per heavy atom. The van der Waals surface area contributed by atoms with Crippen LogP contribution in [0.2, 0.25) is 0 Å². The molecule has 0 radical (unpaired) electrons. The molecule has 6 nitrogen and oxygen atoms in total. The van der Waals surface area contributed by atoms with E-state index in [9.17, 15) is 15.3 Å². The van der Waals surface area contributed by atoms with Crippen molar-refractivity contribution < 1.29 is 29.5 Å². The summed E-state index contributed by atoms with van der Waals surface area (Å²) >= 11 is 0. The van der Waals surface area contributed by atoms with E-state index in [4.69, 9.17) is 14.2 Å². The van der Waals surface area contributed by atoms with Gasteiger partial charge in [0.2, 0.25) is 0 Å². The highest BCUT2D eigenvalue weighted by Gasteiger charge is 2.58.